The zero-order valence-electron chi connectivity index (χ0n) is 13.7. The number of para-hydroxylation sites is 1. The van der Waals surface area contributed by atoms with Crippen LogP contribution in [0.15, 0.2) is 48.5 Å². The Morgan fingerprint density at radius 1 is 1.21 bits per heavy atom. The van der Waals surface area contributed by atoms with Crippen molar-refractivity contribution in [3.05, 3.63) is 54.3 Å². The summed E-state index contributed by atoms with van der Waals surface area (Å²) in [7, 11) is 2.04. The average Bonchev–Trinajstić information content (AvgIpc) is 2.98. The minimum atomic E-state index is -1.01. The van der Waals surface area contributed by atoms with Crippen LogP contribution in [0, 0.1) is 11.7 Å². The molecule has 3 rings (SSSR count). The van der Waals surface area contributed by atoms with Gasteiger partial charge in [-0.2, -0.15) is 0 Å². The third kappa shape index (κ3) is 3.41. The molecule has 5 heteroatoms. The molecule has 0 radical (unpaired) electrons. The van der Waals surface area contributed by atoms with Gasteiger partial charge in [-0.1, -0.05) is 36.4 Å². The molecule has 0 spiro atoms. The van der Waals surface area contributed by atoms with Gasteiger partial charge in [0.2, 0.25) is 0 Å². The maximum Gasteiger partial charge on any atom is 0.411 e. The highest BCUT2D eigenvalue weighted by Crippen LogP contribution is 2.33. The predicted molar refractivity (Wildman–Crippen MR) is 92.8 cm³/mol. The minimum Gasteiger partial charge on any atom is -0.465 e. The predicted octanol–water partition coefficient (Wildman–Crippen LogP) is 3.93. The zero-order chi connectivity index (χ0) is 17.1. The van der Waals surface area contributed by atoms with Gasteiger partial charge in [-0.05, 0) is 38.1 Å². The quantitative estimate of drug-likeness (QED) is 0.925. The number of benzene rings is 2. The van der Waals surface area contributed by atoms with E-state index < -0.39 is 6.09 Å². The Hall–Kier alpha value is -2.40. The van der Waals surface area contributed by atoms with E-state index in [2.05, 4.69) is 4.90 Å². The number of likely N-dealkylation sites (tertiary alicyclic amines) is 1. The van der Waals surface area contributed by atoms with Crippen LogP contribution < -0.4 is 4.90 Å². The molecule has 2 aromatic rings. The molecule has 4 nitrogen and oxygen atoms in total. The Morgan fingerprint density at radius 2 is 1.88 bits per heavy atom. The molecule has 1 amide bonds. The Labute approximate surface area is 141 Å². The van der Waals surface area contributed by atoms with Crippen molar-refractivity contribution in [1.82, 2.24) is 4.90 Å². The van der Waals surface area contributed by atoms with Crippen molar-refractivity contribution in [2.24, 2.45) is 5.92 Å². The van der Waals surface area contributed by atoms with Crippen LogP contribution in [0.5, 0.6) is 0 Å². The minimum absolute atomic E-state index is 0.291. The highest BCUT2D eigenvalue weighted by molar-refractivity contribution is 5.93. The summed E-state index contributed by atoms with van der Waals surface area (Å²) in [6.45, 7) is 2.28. The van der Waals surface area contributed by atoms with Crippen LogP contribution in [0.2, 0.25) is 0 Å². The lowest BCUT2D eigenvalue weighted by Gasteiger charge is -2.25. The first-order valence-electron chi connectivity index (χ1n) is 8.09. The van der Waals surface area contributed by atoms with Crippen molar-refractivity contribution in [3.8, 4) is 11.1 Å². The first-order chi connectivity index (χ1) is 11.6. The zero-order valence-corrected chi connectivity index (χ0v) is 13.7. The van der Waals surface area contributed by atoms with Crippen molar-refractivity contribution in [2.45, 2.75) is 6.42 Å². The standard InChI is InChI=1S/C19H21FN2O2/c1-21-11-10-14(12-21)13-22(19(23)24)18-9-5-3-7-16(18)15-6-2-4-8-17(15)20/h2-9,14H,10-13H2,1H3,(H,23,24)/t14-/m1/s1. The van der Waals surface area contributed by atoms with Crippen LogP contribution in [0.4, 0.5) is 14.9 Å². The van der Waals surface area contributed by atoms with E-state index in [1.54, 1.807) is 42.5 Å². The number of rotatable bonds is 4. The third-order valence-corrected chi connectivity index (χ3v) is 4.52. The van der Waals surface area contributed by atoms with E-state index in [0.717, 1.165) is 19.5 Å². The van der Waals surface area contributed by atoms with Crippen molar-refractivity contribution in [2.75, 3.05) is 31.6 Å². The molecule has 1 aliphatic heterocycles. The monoisotopic (exact) mass is 328 g/mol. The van der Waals surface area contributed by atoms with Crippen LogP contribution in [-0.4, -0.2) is 42.8 Å². The number of carboxylic acid groups (broad SMARTS) is 1. The molecule has 1 saturated heterocycles. The summed E-state index contributed by atoms with van der Waals surface area (Å²) < 4.78 is 14.2. The fourth-order valence-corrected chi connectivity index (χ4v) is 3.33. The molecule has 1 fully saturated rings. The number of hydrogen-bond acceptors (Lipinski definition) is 2. The largest absolute Gasteiger partial charge is 0.465 e. The van der Waals surface area contributed by atoms with Gasteiger partial charge in [0.15, 0.2) is 0 Å². The molecule has 1 atom stereocenters. The van der Waals surface area contributed by atoms with Crippen LogP contribution in [-0.2, 0) is 0 Å². The highest BCUT2D eigenvalue weighted by atomic mass is 19.1. The van der Waals surface area contributed by atoms with Crippen molar-refractivity contribution in [3.63, 3.8) is 0 Å². The summed E-state index contributed by atoms with van der Waals surface area (Å²) in [6.07, 6.45) is -0.0318. The molecular weight excluding hydrogens is 307 g/mol. The third-order valence-electron chi connectivity index (χ3n) is 4.52. The number of halogens is 1. The topological polar surface area (TPSA) is 43.8 Å². The normalized spacial score (nSPS) is 17.8. The maximum absolute atomic E-state index is 14.2. The van der Waals surface area contributed by atoms with Crippen LogP contribution in [0.25, 0.3) is 11.1 Å². The molecular formula is C19H21FN2O2. The van der Waals surface area contributed by atoms with E-state index in [1.807, 2.05) is 7.05 Å². The van der Waals surface area contributed by atoms with Gasteiger partial charge in [0.05, 0.1) is 5.69 Å². The summed E-state index contributed by atoms with van der Waals surface area (Å²) in [4.78, 5) is 15.4. The summed E-state index contributed by atoms with van der Waals surface area (Å²) >= 11 is 0. The van der Waals surface area contributed by atoms with Crippen molar-refractivity contribution in [1.29, 1.82) is 0 Å². The fourth-order valence-electron chi connectivity index (χ4n) is 3.33. The molecule has 24 heavy (non-hydrogen) atoms. The maximum atomic E-state index is 14.2. The number of carbonyl (C=O) groups is 1. The van der Waals surface area contributed by atoms with Crippen molar-refractivity contribution >= 4 is 11.8 Å². The number of nitrogens with zero attached hydrogens (tertiary/aromatic N) is 2. The van der Waals surface area contributed by atoms with Gasteiger partial charge in [-0.3, -0.25) is 4.90 Å². The molecule has 1 N–H and O–H groups in total. The summed E-state index contributed by atoms with van der Waals surface area (Å²) in [5, 5.41) is 9.71. The van der Waals surface area contributed by atoms with Gasteiger partial charge in [-0.25, -0.2) is 9.18 Å². The van der Waals surface area contributed by atoms with Gasteiger partial charge in [0.25, 0.3) is 0 Å². The van der Waals surface area contributed by atoms with Gasteiger partial charge >= 0.3 is 6.09 Å². The molecule has 0 unspecified atom stereocenters. The molecule has 0 aliphatic carbocycles. The van der Waals surface area contributed by atoms with Crippen molar-refractivity contribution < 1.29 is 14.3 Å². The van der Waals surface area contributed by atoms with Crippen LogP contribution >= 0.6 is 0 Å². The van der Waals surface area contributed by atoms with E-state index in [9.17, 15) is 14.3 Å². The highest BCUT2D eigenvalue weighted by Gasteiger charge is 2.27. The van der Waals surface area contributed by atoms with Gasteiger partial charge in [0.1, 0.15) is 5.82 Å². The second kappa shape index (κ2) is 7.01. The Morgan fingerprint density at radius 3 is 2.50 bits per heavy atom. The van der Waals surface area contributed by atoms with E-state index in [-0.39, 0.29) is 5.82 Å². The Balaban J connectivity index is 1.97. The average molecular weight is 328 g/mol. The molecule has 0 bridgehead atoms. The fraction of sp³-hybridized carbons (Fsp3) is 0.316. The lowest BCUT2D eigenvalue weighted by molar-refractivity contribution is 0.200. The smallest absolute Gasteiger partial charge is 0.411 e. The number of anilines is 1. The molecule has 1 heterocycles. The van der Waals surface area contributed by atoms with Crippen LogP contribution in [0.3, 0.4) is 0 Å². The van der Waals surface area contributed by atoms with E-state index >= 15 is 0 Å². The number of hydrogen-bond donors (Lipinski definition) is 1. The SMILES string of the molecule is CN1CC[C@@H](CN(C(=O)O)c2ccccc2-c2ccccc2F)C1. The lowest BCUT2D eigenvalue weighted by Crippen LogP contribution is -2.35. The van der Waals surface area contributed by atoms with Gasteiger partial charge in [-0.15, -0.1) is 0 Å². The lowest BCUT2D eigenvalue weighted by atomic mass is 10.0. The first kappa shape index (κ1) is 16.5. The summed E-state index contributed by atoms with van der Waals surface area (Å²) in [6, 6.07) is 13.6. The number of amides is 1. The molecule has 126 valence electrons. The second-order valence-electron chi connectivity index (χ2n) is 6.31. The van der Waals surface area contributed by atoms with Gasteiger partial charge in [0, 0.05) is 24.2 Å². The van der Waals surface area contributed by atoms with E-state index in [4.69, 9.17) is 0 Å². The van der Waals surface area contributed by atoms with Crippen LogP contribution in [0.1, 0.15) is 6.42 Å². The van der Waals surface area contributed by atoms with E-state index in [1.165, 1.54) is 11.0 Å². The Kier molecular flexibility index (Phi) is 4.81. The molecule has 1 aliphatic rings. The van der Waals surface area contributed by atoms with Gasteiger partial charge < -0.3 is 10.0 Å². The second-order valence-corrected chi connectivity index (χ2v) is 6.31. The molecule has 0 aromatic heterocycles. The molecule has 0 saturated carbocycles. The summed E-state index contributed by atoms with van der Waals surface area (Å²) in [5.74, 6) is -0.0596. The Bertz CT molecular complexity index is 735. The molecule has 2 aromatic carbocycles. The first-order valence-corrected chi connectivity index (χ1v) is 8.09. The summed E-state index contributed by atoms with van der Waals surface area (Å²) in [5.41, 5.74) is 1.55. The van der Waals surface area contributed by atoms with E-state index in [0.29, 0.717) is 29.3 Å².